The molecule has 1 fully saturated rings. The van der Waals surface area contributed by atoms with Gasteiger partial charge in [0.05, 0.1) is 10.0 Å². The van der Waals surface area contributed by atoms with Gasteiger partial charge in [0, 0.05) is 38.2 Å². The number of unbranched alkanes of at least 4 members (excludes halogenated alkanes) is 1. The molecule has 0 atom stereocenters. The number of carboxylic acid groups (broad SMARTS) is 1. The zero-order valence-corrected chi connectivity index (χ0v) is 13.7. The number of piperazine rings is 1. The maximum atomic E-state index is 10.8. The van der Waals surface area contributed by atoms with Crippen molar-refractivity contribution < 1.29 is 9.90 Å². The van der Waals surface area contributed by atoms with Crippen LogP contribution >= 0.6 is 23.2 Å². The Morgan fingerprint density at radius 1 is 1.18 bits per heavy atom. The van der Waals surface area contributed by atoms with Crippen molar-refractivity contribution in [3.05, 3.63) is 33.8 Å². The van der Waals surface area contributed by atoms with E-state index >= 15 is 0 Å². The first kappa shape index (κ1) is 17.0. The predicted molar refractivity (Wildman–Crippen MR) is 88.6 cm³/mol. The average molecular weight is 341 g/mol. The molecule has 1 aliphatic heterocycles. The second kappa shape index (κ2) is 8.28. The number of nitrogens with zero attached hydrogens (tertiary/aromatic N) is 2. The van der Waals surface area contributed by atoms with Crippen LogP contribution < -0.4 is 0 Å². The highest BCUT2D eigenvalue weighted by Gasteiger charge is 2.19. The molecule has 1 N–H and O–H groups in total. The van der Waals surface area contributed by atoms with E-state index < -0.39 is 6.09 Å². The summed E-state index contributed by atoms with van der Waals surface area (Å²) in [5.41, 5.74) is 0.865. The molecule has 1 saturated heterocycles. The highest BCUT2D eigenvalue weighted by molar-refractivity contribution is 6.42. The molecule has 6 heteroatoms. The molecule has 1 aliphatic rings. The lowest BCUT2D eigenvalue weighted by atomic mass is 10.2. The van der Waals surface area contributed by atoms with Crippen LogP contribution in [-0.2, 0) is 0 Å². The molecule has 1 heterocycles. The van der Waals surface area contributed by atoms with Crippen LogP contribution in [0.3, 0.4) is 0 Å². The van der Waals surface area contributed by atoms with Crippen molar-refractivity contribution in [2.24, 2.45) is 0 Å². The van der Waals surface area contributed by atoms with Crippen molar-refractivity contribution in [3.8, 4) is 11.8 Å². The van der Waals surface area contributed by atoms with Gasteiger partial charge in [0.2, 0.25) is 0 Å². The lowest BCUT2D eigenvalue weighted by molar-refractivity contribution is 0.105. The lowest BCUT2D eigenvalue weighted by Gasteiger charge is -2.32. The summed E-state index contributed by atoms with van der Waals surface area (Å²) in [4.78, 5) is 14.5. The van der Waals surface area contributed by atoms with Gasteiger partial charge in [0.25, 0.3) is 0 Å². The van der Waals surface area contributed by atoms with Crippen molar-refractivity contribution in [1.29, 1.82) is 0 Å². The third-order valence-electron chi connectivity index (χ3n) is 3.57. The Bertz CT molecular complexity index is 588. The van der Waals surface area contributed by atoms with Crippen LogP contribution in [0.25, 0.3) is 0 Å². The summed E-state index contributed by atoms with van der Waals surface area (Å²) in [6.45, 7) is 3.72. The molecule has 1 aromatic carbocycles. The number of amides is 1. The zero-order valence-electron chi connectivity index (χ0n) is 12.2. The summed E-state index contributed by atoms with van der Waals surface area (Å²) < 4.78 is 0. The number of hydrogen-bond acceptors (Lipinski definition) is 2. The van der Waals surface area contributed by atoms with Gasteiger partial charge in [-0.15, -0.1) is 0 Å². The molecule has 0 saturated carbocycles. The fraction of sp³-hybridized carbons (Fsp3) is 0.438. The maximum absolute atomic E-state index is 10.8. The second-order valence-electron chi connectivity index (χ2n) is 5.15. The fourth-order valence-corrected chi connectivity index (χ4v) is 2.59. The van der Waals surface area contributed by atoms with Crippen LogP contribution in [0.15, 0.2) is 18.2 Å². The second-order valence-corrected chi connectivity index (χ2v) is 5.96. The summed E-state index contributed by atoms with van der Waals surface area (Å²) in [6.07, 6.45) is 0.952. The van der Waals surface area contributed by atoms with Crippen molar-refractivity contribution in [1.82, 2.24) is 9.80 Å². The molecule has 22 heavy (non-hydrogen) atoms. The van der Waals surface area contributed by atoms with Crippen LogP contribution in [0.2, 0.25) is 10.0 Å². The van der Waals surface area contributed by atoms with Crippen molar-refractivity contribution in [3.63, 3.8) is 0 Å². The maximum Gasteiger partial charge on any atom is 0.407 e. The van der Waals surface area contributed by atoms with E-state index in [9.17, 15) is 4.79 Å². The quantitative estimate of drug-likeness (QED) is 0.677. The van der Waals surface area contributed by atoms with Crippen LogP contribution in [-0.4, -0.2) is 53.7 Å². The minimum Gasteiger partial charge on any atom is -0.465 e. The van der Waals surface area contributed by atoms with Gasteiger partial charge in [-0.05, 0) is 31.2 Å². The standard InChI is InChI=1S/C16H18Cl2N2O2/c17-14-6-5-13(12-15(14)18)4-2-1-3-7-19-8-10-20(11-9-19)16(21)22/h5-6,12H,1,3,7-11H2,(H,21,22). The molecule has 4 nitrogen and oxygen atoms in total. The molecule has 2 rings (SSSR count). The Kier molecular flexibility index (Phi) is 6.38. The summed E-state index contributed by atoms with van der Waals surface area (Å²) in [5.74, 6) is 6.21. The first-order valence-electron chi connectivity index (χ1n) is 7.20. The van der Waals surface area contributed by atoms with E-state index in [1.54, 1.807) is 12.1 Å². The van der Waals surface area contributed by atoms with Crippen molar-refractivity contribution >= 4 is 29.3 Å². The first-order chi connectivity index (χ1) is 10.6. The van der Waals surface area contributed by atoms with E-state index in [1.807, 2.05) is 6.07 Å². The van der Waals surface area contributed by atoms with Gasteiger partial charge in [-0.3, -0.25) is 4.90 Å². The van der Waals surface area contributed by atoms with E-state index in [0.29, 0.717) is 23.1 Å². The van der Waals surface area contributed by atoms with Crippen LogP contribution in [0.5, 0.6) is 0 Å². The van der Waals surface area contributed by atoms with E-state index in [2.05, 4.69) is 16.7 Å². The van der Waals surface area contributed by atoms with Gasteiger partial charge < -0.3 is 10.0 Å². The Hall–Kier alpha value is -1.41. The highest BCUT2D eigenvalue weighted by atomic mass is 35.5. The fourth-order valence-electron chi connectivity index (χ4n) is 2.29. The summed E-state index contributed by atoms with van der Waals surface area (Å²) in [7, 11) is 0. The number of benzene rings is 1. The number of hydrogen-bond donors (Lipinski definition) is 1. The third-order valence-corrected chi connectivity index (χ3v) is 4.31. The molecule has 0 unspecified atom stereocenters. The minimum atomic E-state index is -0.827. The topological polar surface area (TPSA) is 43.8 Å². The molecule has 0 aromatic heterocycles. The zero-order chi connectivity index (χ0) is 15.9. The normalized spacial score (nSPS) is 15.3. The molecular formula is C16H18Cl2N2O2. The van der Waals surface area contributed by atoms with E-state index in [0.717, 1.165) is 38.0 Å². The van der Waals surface area contributed by atoms with Crippen LogP contribution in [0, 0.1) is 11.8 Å². The molecule has 1 amide bonds. The van der Waals surface area contributed by atoms with Crippen LogP contribution in [0.1, 0.15) is 18.4 Å². The summed E-state index contributed by atoms with van der Waals surface area (Å²) in [5, 5.41) is 9.94. The van der Waals surface area contributed by atoms with Crippen molar-refractivity contribution in [2.45, 2.75) is 12.8 Å². The molecule has 0 bridgehead atoms. The van der Waals surface area contributed by atoms with Gasteiger partial charge in [0.15, 0.2) is 0 Å². The van der Waals surface area contributed by atoms with Crippen molar-refractivity contribution in [2.75, 3.05) is 32.7 Å². The Morgan fingerprint density at radius 3 is 2.55 bits per heavy atom. The number of rotatable bonds is 3. The van der Waals surface area contributed by atoms with Gasteiger partial charge in [-0.25, -0.2) is 4.79 Å². The monoisotopic (exact) mass is 340 g/mol. The average Bonchev–Trinajstić information content (AvgIpc) is 2.51. The first-order valence-corrected chi connectivity index (χ1v) is 7.96. The van der Waals surface area contributed by atoms with E-state index in [1.165, 1.54) is 4.90 Å². The third kappa shape index (κ3) is 5.10. The van der Waals surface area contributed by atoms with Gasteiger partial charge >= 0.3 is 6.09 Å². The minimum absolute atomic E-state index is 0.518. The SMILES string of the molecule is O=C(O)N1CCN(CCCC#Cc2ccc(Cl)c(Cl)c2)CC1. The Balaban J connectivity index is 1.69. The summed E-state index contributed by atoms with van der Waals surface area (Å²) in [6, 6.07) is 5.37. The Labute approximate surface area is 140 Å². The molecule has 0 radical (unpaired) electrons. The van der Waals surface area contributed by atoms with E-state index in [-0.39, 0.29) is 0 Å². The van der Waals surface area contributed by atoms with Crippen LogP contribution in [0.4, 0.5) is 4.79 Å². The molecule has 0 aliphatic carbocycles. The van der Waals surface area contributed by atoms with E-state index in [4.69, 9.17) is 28.3 Å². The summed E-state index contributed by atoms with van der Waals surface area (Å²) >= 11 is 11.8. The molecule has 0 spiro atoms. The van der Waals surface area contributed by atoms with Gasteiger partial charge in [0.1, 0.15) is 0 Å². The largest absolute Gasteiger partial charge is 0.465 e. The van der Waals surface area contributed by atoms with Gasteiger partial charge in [-0.2, -0.15) is 0 Å². The number of carbonyl (C=O) groups is 1. The number of halogens is 2. The molecule has 118 valence electrons. The molecular weight excluding hydrogens is 323 g/mol. The highest BCUT2D eigenvalue weighted by Crippen LogP contribution is 2.22. The Morgan fingerprint density at radius 2 is 1.91 bits per heavy atom. The van der Waals surface area contributed by atoms with Gasteiger partial charge in [-0.1, -0.05) is 35.0 Å². The molecule has 1 aromatic rings. The smallest absolute Gasteiger partial charge is 0.407 e. The lowest BCUT2D eigenvalue weighted by Crippen LogP contribution is -2.48. The predicted octanol–water partition coefficient (Wildman–Crippen LogP) is 3.42.